The molecule has 0 fully saturated rings. The zero-order valence-electron chi connectivity index (χ0n) is 10.4. The van der Waals surface area contributed by atoms with Crippen molar-refractivity contribution >= 4 is 34.8 Å². The van der Waals surface area contributed by atoms with Crippen LogP contribution < -0.4 is 5.32 Å². The molecule has 1 amide bonds. The SMILES string of the molecule is Cc1ccc(O)c(NC(=O)c2cc(Cl)c(Cl)n2C)c1. The maximum Gasteiger partial charge on any atom is 0.272 e. The molecule has 1 aromatic carbocycles. The smallest absolute Gasteiger partial charge is 0.272 e. The molecule has 0 aliphatic carbocycles. The first-order valence-corrected chi connectivity index (χ1v) is 6.27. The Morgan fingerprint density at radius 2 is 2.00 bits per heavy atom. The van der Waals surface area contributed by atoms with E-state index in [1.54, 1.807) is 19.2 Å². The second-order valence-corrected chi connectivity index (χ2v) is 4.97. The fourth-order valence-corrected chi connectivity index (χ4v) is 2.07. The predicted molar refractivity (Wildman–Crippen MR) is 76.2 cm³/mol. The van der Waals surface area contributed by atoms with Gasteiger partial charge in [-0.3, -0.25) is 4.79 Å². The summed E-state index contributed by atoms with van der Waals surface area (Å²) < 4.78 is 1.48. The van der Waals surface area contributed by atoms with Gasteiger partial charge in [-0.1, -0.05) is 29.3 Å². The molecule has 6 heteroatoms. The molecule has 1 heterocycles. The monoisotopic (exact) mass is 298 g/mol. The number of aromatic hydroxyl groups is 1. The van der Waals surface area contributed by atoms with E-state index < -0.39 is 5.91 Å². The van der Waals surface area contributed by atoms with Crippen LogP contribution in [0.5, 0.6) is 5.75 Å². The minimum Gasteiger partial charge on any atom is -0.506 e. The van der Waals surface area contributed by atoms with E-state index in [-0.39, 0.29) is 5.75 Å². The number of aromatic nitrogens is 1. The van der Waals surface area contributed by atoms with Crippen molar-refractivity contribution in [3.8, 4) is 5.75 Å². The molecule has 19 heavy (non-hydrogen) atoms. The second kappa shape index (κ2) is 5.15. The van der Waals surface area contributed by atoms with Gasteiger partial charge in [-0.15, -0.1) is 0 Å². The van der Waals surface area contributed by atoms with Crippen molar-refractivity contribution in [2.75, 3.05) is 5.32 Å². The van der Waals surface area contributed by atoms with E-state index in [1.807, 2.05) is 6.92 Å². The van der Waals surface area contributed by atoms with Gasteiger partial charge in [0.2, 0.25) is 0 Å². The van der Waals surface area contributed by atoms with Crippen molar-refractivity contribution in [1.82, 2.24) is 4.57 Å². The van der Waals surface area contributed by atoms with Crippen LogP contribution in [0.15, 0.2) is 24.3 Å². The number of anilines is 1. The fraction of sp³-hybridized carbons (Fsp3) is 0.154. The normalized spacial score (nSPS) is 10.5. The maximum absolute atomic E-state index is 12.1. The molecule has 0 bridgehead atoms. The molecule has 0 saturated carbocycles. The highest BCUT2D eigenvalue weighted by Gasteiger charge is 2.16. The molecular weight excluding hydrogens is 287 g/mol. The molecule has 1 aromatic heterocycles. The van der Waals surface area contributed by atoms with Gasteiger partial charge in [-0.2, -0.15) is 0 Å². The lowest BCUT2D eigenvalue weighted by Gasteiger charge is -2.09. The number of hydrogen-bond acceptors (Lipinski definition) is 2. The summed E-state index contributed by atoms with van der Waals surface area (Å²) in [6, 6.07) is 6.43. The van der Waals surface area contributed by atoms with Gasteiger partial charge in [0.1, 0.15) is 16.6 Å². The van der Waals surface area contributed by atoms with Crippen LogP contribution in [0.3, 0.4) is 0 Å². The van der Waals surface area contributed by atoms with Crippen LogP contribution in [0.4, 0.5) is 5.69 Å². The largest absolute Gasteiger partial charge is 0.506 e. The van der Waals surface area contributed by atoms with Crippen molar-refractivity contribution in [2.24, 2.45) is 7.05 Å². The summed E-state index contributed by atoms with van der Waals surface area (Å²) in [5.41, 5.74) is 1.59. The average Bonchev–Trinajstić information content (AvgIpc) is 2.62. The number of rotatable bonds is 2. The van der Waals surface area contributed by atoms with Crippen LogP contribution >= 0.6 is 23.2 Å². The number of phenols is 1. The standard InChI is InChI=1S/C13H12Cl2N2O2/c1-7-3-4-11(18)9(5-7)16-13(19)10-6-8(14)12(15)17(10)2/h3-6,18H,1-2H3,(H,16,19). The Kier molecular flexibility index (Phi) is 3.73. The first-order chi connectivity index (χ1) is 8.90. The summed E-state index contributed by atoms with van der Waals surface area (Å²) in [5.74, 6) is -0.387. The number of carbonyl (C=O) groups excluding carboxylic acids is 1. The third kappa shape index (κ3) is 2.69. The molecule has 0 saturated heterocycles. The summed E-state index contributed by atoms with van der Waals surface area (Å²) in [6.45, 7) is 1.87. The van der Waals surface area contributed by atoms with E-state index in [1.165, 1.54) is 16.7 Å². The Labute approximate surface area is 120 Å². The van der Waals surface area contributed by atoms with E-state index in [0.29, 0.717) is 21.6 Å². The Morgan fingerprint density at radius 1 is 1.32 bits per heavy atom. The van der Waals surface area contributed by atoms with E-state index >= 15 is 0 Å². The number of nitrogens with zero attached hydrogens (tertiary/aromatic N) is 1. The van der Waals surface area contributed by atoms with Crippen LogP contribution in [0.1, 0.15) is 16.1 Å². The molecule has 2 rings (SSSR count). The number of nitrogens with one attached hydrogen (secondary N) is 1. The molecule has 0 radical (unpaired) electrons. The third-order valence-electron chi connectivity index (χ3n) is 2.75. The maximum atomic E-state index is 12.1. The van der Waals surface area contributed by atoms with Crippen LogP contribution in [0.2, 0.25) is 10.2 Å². The lowest BCUT2D eigenvalue weighted by atomic mass is 10.2. The number of phenolic OH excluding ortho intramolecular Hbond substituents is 1. The summed E-state index contributed by atoms with van der Waals surface area (Å²) in [5, 5.41) is 12.9. The summed E-state index contributed by atoms with van der Waals surface area (Å²) >= 11 is 11.8. The van der Waals surface area contributed by atoms with Crippen molar-refractivity contribution in [3.63, 3.8) is 0 Å². The Bertz CT molecular complexity index is 650. The van der Waals surface area contributed by atoms with Gasteiger partial charge in [-0.05, 0) is 30.7 Å². The third-order valence-corrected chi connectivity index (χ3v) is 3.59. The van der Waals surface area contributed by atoms with Crippen molar-refractivity contribution in [2.45, 2.75) is 6.92 Å². The number of hydrogen-bond donors (Lipinski definition) is 2. The number of carbonyl (C=O) groups is 1. The fourth-order valence-electron chi connectivity index (χ4n) is 1.70. The number of benzene rings is 1. The van der Waals surface area contributed by atoms with Gasteiger partial charge >= 0.3 is 0 Å². The Balaban J connectivity index is 2.30. The second-order valence-electron chi connectivity index (χ2n) is 4.20. The van der Waals surface area contributed by atoms with Gasteiger partial charge in [0.25, 0.3) is 5.91 Å². The molecule has 0 aliphatic rings. The van der Waals surface area contributed by atoms with E-state index in [0.717, 1.165) is 5.56 Å². The highest BCUT2D eigenvalue weighted by atomic mass is 35.5. The zero-order valence-corrected chi connectivity index (χ0v) is 11.9. The van der Waals surface area contributed by atoms with Gasteiger partial charge in [-0.25, -0.2) is 0 Å². The van der Waals surface area contributed by atoms with Gasteiger partial charge < -0.3 is 15.0 Å². The van der Waals surface area contributed by atoms with Crippen LogP contribution in [0.25, 0.3) is 0 Å². The van der Waals surface area contributed by atoms with Gasteiger partial charge in [0, 0.05) is 7.05 Å². The molecule has 2 aromatic rings. The molecule has 0 unspecified atom stereocenters. The van der Waals surface area contributed by atoms with Gasteiger partial charge in [0.05, 0.1) is 10.7 Å². The first-order valence-electron chi connectivity index (χ1n) is 5.52. The van der Waals surface area contributed by atoms with E-state index in [9.17, 15) is 9.90 Å². The van der Waals surface area contributed by atoms with Crippen molar-refractivity contribution in [3.05, 3.63) is 45.7 Å². The molecule has 0 atom stereocenters. The highest BCUT2D eigenvalue weighted by Crippen LogP contribution is 2.28. The topological polar surface area (TPSA) is 54.3 Å². The summed E-state index contributed by atoms with van der Waals surface area (Å²) in [4.78, 5) is 12.1. The highest BCUT2D eigenvalue weighted by molar-refractivity contribution is 6.42. The average molecular weight is 299 g/mol. The van der Waals surface area contributed by atoms with Crippen LogP contribution in [-0.2, 0) is 7.05 Å². The van der Waals surface area contributed by atoms with E-state index in [4.69, 9.17) is 23.2 Å². The van der Waals surface area contributed by atoms with Crippen LogP contribution in [0, 0.1) is 6.92 Å². The quantitative estimate of drug-likeness (QED) is 0.832. The number of aryl methyl sites for hydroxylation is 1. The molecular formula is C13H12Cl2N2O2. The van der Waals surface area contributed by atoms with Crippen molar-refractivity contribution < 1.29 is 9.90 Å². The molecule has 100 valence electrons. The molecule has 0 spiro atoms. The minimum absolute atomic E-state index is 0.00496. The molecule has 4 nitrogen and oxygen atoms in total. The molecule has 0 aliphatic heterocycles. The van der Waals surface area contributed by atoms with Crippen molar-refractivity contribution in [1.29, 1.82) is 0 Å². The number of amides is 1. The molecule has 2 N–H and O–H groups in total. The predicted octanol–water partition coefficient (Wildman–Crippen LogP) is 3.60. The summed E-state index contributed by atoms with van der Waals surface area (Å²) in [7, 11) is 1.64. The minimum atomic E-state index is -0.391. The lowest BCUT2D eigenvalue weighted by Crippen LogP contribution is -2.15. The Morgan fingerprint density at radius 3 is 2.58 bits per heavy atom. The van der Waals surface area contributed by atoms with Crippen LogP contribution in [-0.4, -0.2) is 15.6 Å². The zero-order chi connectivity index (χ0) is 14.2. The summed E-state index contributed by atoms with van der Waals surface area (Å²) in [6.07, 6.45) is 0. The lowest BCUT2D eigenvalue weighted by molar-refractivity contribution is 0.101. The number of halogens is 2. The Hall–Kier alpha value is -1.65. The first kappa shape index (κ1) is 13.8. The van der Waals surface area contributed by atoms with E-state index in [2.05, 4.69) is 5.32 Å². The van der Waals surface area contributed by atoms with Gasteiger partial charge in [0.15, 0.2) is 0 Å².